The number of benzene rings is 1. The minimum atomic E-state index is -0.230. The average molecular weight is 280 g/mol. The predicted octanol–water partition coefficient (Wildman–Crippen LogP) is 2.27. The Hall–Kier alpha value is -1.26. The van der Waals surface area contributed by atoms with Crippen molar-refractivity contribution in [2.24, 2.45) is 0 Å². The zero-order valence-electron chi connectivity index (χ0n) is 13.1. The molecule has 0 saturated carbocycles. The molecule has 4 heteroatoms. The zero-order valence-corrected chi connectivity index (χ0v) is 13.1. The van der Waals surface area contributed by atoms with E-state index in [0.29, 0.717) is 0 Å². The van der Waals surface area contributed by atoms with Crippen LogP contribution in [0.5, 0.6) is 5.75 Å². The quantitative estimate of drug-likeness (QED) is 0.728. The number of rotatable bonds is 9. The van der Waals surface area contributed by atoms with Gasteiger partial charge in [0.1, 0.15) is 5.75 Å². The van der Waals surface area contributed by atoms with E-state index in [2.05, 4.69) is 37.2 Å². The van der Waals surface area contributed by atoms with Crippen LogP contribution < -0.4 is 15.0 Å². The van der Waals surface area contributed by atoms with E-state index in [1.165, 1.54) is 0 Å². The molecule has 0 radical (unpaired) electrons. The molecule has 114 valence electrons. The number of aliphatic hydroxyl groups is 1. The fourth-order valence-corrected chi connectivity index (χ4v) is 2.13. The normalized spacial score (nSPS) is 13.8. The molecule has 0 aromatic heterocycles. The highest BCUT2D eigenvalue weighted by atomic mass is 16.5. The average Bonchev–Trinajstić information content (AvgIpc) is 2.50. The lowest BCUT2D eigenvalue weighted by Crippen LogP contribution is -2.48. The number of ether oxygens (including phenoxy) is 1. The SMILES string of the molecule is CCCNC(C)(CO)CCN(C)c1ccccc1OC. The third kappa shape index (κ3) is 4.69. The molecule has 1 aromatic rings. The van der Waals surface area contributed by atoms with Gasteiger partial charge in [-0.05, 0) is 38.4 Å². The largest absolute Gasteiger partial charge is 0.495 e. The topological polar surface area (TPSA) is 44.7 Å². The lowest BCUT2D eigenvalue weighted by molar-refractivity contribution is 0.168. The molecule has 0 aliphatic rings. The maximum atomic E-state index is 9.59. The number of hydrogen-bond donors (Lipinski definition) is 2. The first-order valence-corrected chi connectivity index (χ1v) is 7.26. The molecular formula is C16H28N2O2. The molecule has 0 aliphatic heterocycles. The Bertz CT molecular complexity index is 398. The molecule has 0 heterocycles. The third-order valence-electron chi connectivity index (χ3n) is 3.65. The van der Waals surface area contributed by atoms with Crippen LogP contribution in [0.15, 0.2) is 24.3 Å². The van der Waals surface area contributed by atoms with Gasteiger partial charge in [-0.2, -0.15) is 0 Å². The van der Waals surface area contributed by atoms with Crippen molar-refractivity contribution in [1.82, 2.24) is 5.32 Å². The number of nitrogens with one attached hydrogen (secondary N) is 1. The van der Waals surface area contributed by atoms with Crippen molar-refractivity contribution in [1.29, 1.82) is 0 Å². The van der Waals surface area contributed by atoms with E-state index in [9.17, 15) is 5.11 Å². The molecule has 0 amide bonds. The second-order valence-electron chi connectivity index (χ2n) is 5.49. The molecule has 0 spiro atoms. The predicted molar refractivity (Wildman–Crippen MR) is 84.7 cm³/mol. The smallest absolute Gasteiger partial charge is 0.142 e. The number of para-hydroxylation sites is 2. The Morgan fingerprint density at radius 2 is 2.05 bits per heavy atom. The summed E-state index contributed by atoms with van der Waals surface area (Å²) in [5.74, 6) is 0.877. The van der Waals surface area contributed by atoms with Gasteiger partial charge in [-0.15, -0.1) is 0 Å². The summed E-state index contributed by atoms with van der Waals surface area (Å²) in [7, 11) is 3.74. The van der Waals surface area contributed by atoms with Gasteiger partial charge < -0.3 is 20.1 Å². The van der Waals surface area contributed by atoms with Crippen LogP contribution in [0.1, 0.15) is 26.7 Å². The van der Waals surface area contributed by atoms with E-state index in [-0.39, 0.29) is 12.1 Å². The van der Waals surface area contributed by atoms with E-state index in [1.54, 1.807) is 7.11 Å². The molecule has 1 aromatic carbocycles. The summed E-state index contributed by atoms with van der Waals surface area (Å²) in [6.07, 6.45) is 1.94. The van der Waals surface area contributed by atoms with E-state index in [4.69, 9.17) is 4.74 Å². The van der Waals surface area contributed by atoms with Crippen molar-refractivity contribution >= 4 is 5.69 Å². The first kappa shape index (κ1) is 16.8. The summed E-state index contributed by atoms with van der Waals surface area (Å²) in [6, 6.07) is 7.99. The highest BCUT2D eigenvalue weighted by Crippen LogP contribution is 2.27. The maximum Gasteiger partial charge on any atom is 0.142 e. The zero-order chi connectivity index (χ0) is 15.0. The second-order valence-corrected chi connectivity index (χ2v) is 5.49. The lowest BCUT2D eigenvalue weighted by atomic mass is 9.98. The van der Waals surface area contributed by atoms with Gasteiger partial charge in [0, 0.05) is 19.1 Å². The molecule has 0 aliphatic carbocycles. The van der Waals surface area contributed by atoms with Crippen LogP contribution in [0.4, 0.5) is 5.69 Å². The molecule has 1 rings (SSSR count). The van der Waals surface area contributed by atoms with Crippen LogP contribution in [0.3, 0.4) is 0 Å². The summed E-state index contributed by atoms with van der Waals surface area (Å²) in [6.45, 7) is 6.13. The minimum Gasteiger partial charge on any atom is -0.495 e. The molecule has 2 N–H and O–H groups in total. The standard InChI is InChI=1S/C16H28N2O2/c1-5-11-17-16(2,13-19)10-12-18(3)14-8-6-7-9-15(14)20-4/h6-9,17,19H,5,10-13H2,1-4H3. The molecule has 1 atom stereocenters. The minimum absolute atomic E-state index is 0.146. The first-order valence-electron chi connectivity index (χ1n) is 7.26. The van der Waals surface area contributed by atoms with Crippen LogP contribution >= 0.6 is 0 Å². The van der Waals surface area contributed by atoms with E-state index >= 15 is 0 Å². The van der Waals surface area contributed by atoms with E-state index < -0.39 is 0 Å². The van der Waals surface area contributed by atoms with Gasteiger partial charge in [-0.3, -0.25) is 0 Å². The third-order valence-corrected chi connectivity index (χ3v) is 3.65. The monoisotopic (exact) mass is 280 g/mol. The van der Waals surface area contributed by atoms with Crippen LogP contribution in [0.2, 0.25) is 0 Å². The van der Waals surface area contributed by atoms with Crippen molar-refractivity contribution < 1.29 is 9.84 Å². The highest BCUT2D eigenvalue weighted by Gasteiger charge is 2.22. The lowest BCUT2D eigenvalue weighted by Gasteiger charge is -2.32. The molecule has 4 nitrogen and oxygen atoms in total. The van der Waals surface area contributed by atoms with Crippen LogP contribution in [-0.2, 0) is 0 Å². The van der Waals surface area contributed by atoms with Gasteiger partial charge in [0.15, 0.2) is 0 Å². The van der Waals surface area contributed by atoms with Crippen LogP contribution in [0.25, 0.3) is 0 Å². The van der Waals surface area contributed by atoms with Crippen LogP contribution in [0, 0.1) is 0 Å². The fraction of sp³-hybridized carbons (Fsp3) is 0.625. The summed E-state index contributed by atoms with van der Waals surface area (Å²) in [5, 5.41) is 13.0. The summed E-state index contributed by atoms with van der Waals surface area (Å²) >= 11 is 0. The fourth-order valence-electron chi connectivity index (χ4n) is 2.13. The molecule has 1 unspecified atom stereocenters. The van der Waals surface area contributed by atoms with Gasteiger partial charge >= 0.3 is 0 Å². The number of hydrogen-bond acceptors (Lipinski definition) is 4. The summed E-state index contributed by atoms with van der Waals surface area (Å²) in [5.41, 5.74) is 0.845. The Morgan fingerprint density at radius 1 is 1.35 bits per heavy atom. The van der Waals surface area contributed by atoms with Gasteiger partial charge in [0.2, 0.25) is 0 Å². The molecule has 0 saturated heterocycles. The maximum absolute atomic E-state index is 9.59. The summed E-state index contributed by atoms with van der Waals surface area (Å²) < 4.78 is 5.38. The van der Waals surface area contributed by atoms with Crippen LogP contribution in [-0.4, -0.2) is 44.5 Å². The van der Waals surface area contributed by atoms with E-state index in [0.717, 1.165) is 37.4 Å². The second kappa shape index (κ2) is 8.12. The molecule has 20 heavy (non-hydrogen) atoms. The molecule has 0 fully saturated rings. The number of nitrogens with zero attached hydrogens (tertiary/aromatic N) is 1. The van der Waals surface area contributed by atoms with Crippen molar-refractivity contribution in [3.63, 3.8) is 0 Å². The number of methoxy groups -OCH3 is 1. The van der Waals surface area contributed by atoms with E-state index in [1.807, 2.05) is 18.2 Å². The summed E-state index contributed by atoms with van der Waals surface area (Å²) in [4.78, 5) is 2.17. The van der Waals surface area contributed by atoms with Crippen molar-refractivity contribution in [3.05, 3.63) is 24.3 Å². The Kier molecular flexibility index (Phi) is 6.82. The molecular weight excluding hydrogens is 252 g/mol. The Balaban J connectivity index is 2.63. The Labute approximate surface area is 122 Å². The van der Waals surface area contributed by atoms with Gasteiger partial charge in [-0.1, -0.05) is 19.1 Å². The Morgan fingerprint density at radius 3 is 2.65 bits per heavy atom. The number of aliphatic hydroxyl groups excluding tert-OH is 1. The van der Waals surface area contributed by atoms with Crippen molar-refractivity contribution in [2.45, 2.75) is 32.2 Å². The highest BCUT2D eigenvalue weighted by molar-refractivity contribution is 5.57. The molecule has 0 bridgehead atoms. The first-order chi connectivity index (χ1) is 9.56. The van der Waals surface area contributed by atoms with Gasteiger partial charge in [0.05, 0.1) is 19.4 Å². The van der Waals surface area contributed by atoms with Gasteiger partial charge in [0.25, 0.3) is 0 Å². The van der Waals surface area contributed by atoms with Crippen molar-refractivity contribution in [3.8, 4) is 5.75 Å². The van der Waals surface area contributed by atoms with Gasteiger partial charge in [-0.25, -0.2) is 0 Å². The van der Waals surface area contributed by atoms with Crippen molar-refractivity contribution in [2.75, 3.05) is 38.8 Å². The number of anilines is 1.